The third kappa shape index (κ3) is 2.95. The van der Waals surface area contributed by atoms with E-state index in [-0.39, 0.29) is 0 Å². The average Bonchev–Trinajstić information content (AvgIpc) is 2.60. The summed E-state index contributed by atoms with van der Waals surface area (Å²) in [6.45, 7) is 5.16. The summed E-state index contributed by atoms with van der Waals surface area (Å²) in [4.78, 5) is 0. The van der Waals surface area contributed by atoms with Gasteiger partial charge in [0.25, 0.3) is 0 Å². The van der Waals surface area contributed by atoms with E-state index in [9.17, 15) is 0 Å². The number of hydrogen-bond donors (Lipinski definition) is 1. The van der Waals surface area contributed by atoms with Gasteiger partial charge in [0.2, 0.25) is 0 Å². The number of furan rings is 1. The van der Waals surface area contributed by atoms with Gasteiger partial charge in [-0.3, -0.25) is 0 Å². The van der Waals surface area contributed by atoms with E-state index in [2.05, 4.69) is 19.2 Å². The van der Waals surface area contributed by atoms with E-state index in [4.69, 9.17) is 27.6 Å². The Morgan fingerprint density at radius 3 is 2.76 bits per heavy atom. The Kier molecular flexibility index (Phi) is 3.97. The molecule has 2 aromatic rings. The van der Waals surface area contributed by atoms with E-state index < -0.39 is 0 Å². The molecule has 1 N–H and O–H groups in total. The van der Waals surface area contributed by atoms with Crippen molar-refractivity contribution in [3.63, 3.8) is 0 Å². The highest BCUT2D eigenvalue weighted by atomic mass is 35.5. The number of halogens is 2. The first-order chi connectivity index (χ1) is 8.08. The zero-order valence-electron chi connectivity index (χ0n) is 9.89. The first-order valence-electron chi connectivity index (χ1n) is 5.66. The van der Waals surface area contributed by atoms with Gasteiger partial charge in [-0.25, -0.2) is 0 Å². The normalized spacial score (nSPS) is 11.6. The van der Waals surface area contributed by atoms with Gasteiger partial charge >= 0.3 is 0 Å². The number of hydrogen-bond acceptors (Lipinski definition) is 2. The molecule has 1 aromatic carbocycles. The molecule has 0 atom stereocenters. The van der Waals surface area contributed by atoms with Crippen LogP contribution >= 0.6 is 23.2 Å². The Bertz CT molecular complexity index is 519. The lowest BCUT2D eigenvalue weighted by molar-refractivity contribution is 0.580. The van der Waals surface area contributed by atoms with Gasteiger partial charge in [-0.2, -0.15) is 0 Å². The number of rotatable bonds is 4. The van der Waals surface area contributed by atoms with Crippen LogP contribution in [-0.2, 0) is 6.42 Å². The fourth-order valence-electron chi connectivity index (χ4n) is 1.83. The number of benzene rings is 1. The highest BCUT2D eigenvalue weighted by Crippen LogP contribution is 2.32. The Hall–Kier alpha value is -0.700. The van der Waals surface area contributed by atoms with Crippen molar-refractivity contribution in [3.8, 4) is 0 Å². The van der Waals surface area contributed by atoms with Gasteiger partial charge in [0.15, 0.2) is 0 Å². The molecule has 2 nitrogen and oxygen atoms in total. The van der Waals surface area contributed by atoms with Crippen LogP contribution in [0.4, 0.5) is 0 Å². The minimum atomic E-state index is 0.484. The average molecular weight is 272 g/mol. The van der Waals surface area contributed by atoms with Crippen LogP contribution in [0.15, 0.2) is 22.8 Å². The molecular formula is C13H15Cl2NO. The SMILES string of the molecule is CC(C)NCCc1coc2cc(Cl)cc(Cl)c12. The Labute approximate surface area is 111 Å². The van der Waals surface area contributed by atoms with Crippen LogP contribution in [0.5, 0.6) is 0 Å². The number of fused-ring (bicyclic) bond motifs is 1. The van der Waals surface area contributed by atoms with E-state index in [0.717, 1.165) is 29.5 Å². The lowest BCUT2D eigenvalue weighted by atomic mass is 10.1. The Morgan fingerprint density at radius 1 is 1.29 bits per heavy atom. The smallest absolute Gasteiger partial charge is 0.137 e. The standard InChI is InChI=1S/C13H15Cl2NO/c1-8(2)16-4-3-9-7-17-12-6-10(14)5-11(15)13(9)12/h5-8,16H,3-4H2,1-2H3. The zero-order valence-corrected chi connectivity index (χ0v) is 11.4. The van der Waals surface area contributed by atoms with Crippen molar-refractivity contribution in [2.75, 3.05) is 6.54 Å². The molecule has 0 unspecified atom stereocenters. The summed E-state index contributed by atoms with van der Waals surface area (Å²) in [5.74, 6) is 0. The molecule has 0 fully saturated rings. The number of nitrogens with one attached hydrogen (secondary N) is 1. The van der Waals surface area contributed by atoms with Gasteiger partial charge in [0.05, 0.1) is 11.3 Å². The molecule has 0 spiro atoms. The van der Waals surface area contributed by atoms with Crippen molar-refractivity contribution in [3.05, 3.63) is 34.0 Å². The summed E-state index contributed by atoms with van der Waals surface area (Å²) in [6.07, 6.45) is 2.65. The minimum Gasteiger partial charge on any atom is -0.464 e. The van der Waals surface area contributed by atoms with Crippen molar-refractivity contribution in [1.82, 2.24) is 5.32 Å². The van der Waals surface area contributed by atoms with E-state index in [1.54, 1.807) is 18.4 Å². The van der Waals surface area contributed by atoms with Gasteiger partial charge < -0.3 is 9.73 Å². The summed E-state index contributed by atoms with van der Waals surface area (Å²) in [5.41, 5.74) is 1.87. The highest BCUT2D eigenvalue weighted by molar-refractivity contribution is 6.38. The van der Waals surface area contributed by atoms with Gasteiger partial charge in [-0.15, -0.1) is 0 Å². The third-order valence-electron chi connectivity index (χ3n) is 2.62. The molecule has 0 aliphatic heterocycles. The van der Waals surface area contributed by atoms with Crippen LogP contribution in [-0.4, -0.2) is 12.6 Å². The fourth-order valence-corrected chi connectivity index (χ4v) is 2.42. The Balaban J connectivity index is 2.24. The molecule has 0 amide bonds. The second kappa shape index (κ2) is 5.30. The molecule has 2 rings (SSSR count). The van der Waals surface area contributed by atoms with Gasteiger partial charge in [-0.1, -0.05) is 37.0 Å². The van der Waals surface area contributed by atoms with Crippen LogP contribution in [0.1, 0.15) is 19.4 Å². The van der Waals surface area contributed by atoms with E-state index >= 15 is 0 Å². The van der Waals surface area contributed by atoms with Crippen molar-refractivity contribution in [2.45, 2.75) is 26.3 Å². The van der Waals surface area contributed by atoms with E-state index in [1.807, 2.05) is 0 Å². The lowest BCUT2D eigenvalue weighted by Crippen LogP contribution is -2.24. The molecule has 0 radical (unpaired) electrons. The van der Waals surface area contributed by atoms with Crippen LogP contribution in [0, 0.1) is 0 Å². The van der Waals surface area contributed by atoms with Gasteiger partial charge in [0.1, 0.15) is 5.58 Å². The molecule has 1 heterocycles. The summed E-state index contributed by atoms with van der Waals surface area (Å²) in [7, 11) is 0. The van der Waals surface area contributed by atoms with Crippen LogP contribution in [0.2, 0.25) is 10.0 Å². The largest absolute Gasteiger partial charge is 0.464 e. The second-order valence-electron chi connectivity index (χ2n) is 4.38. The molecule has 0 aliphatic carbocycles. The first kappa shape index (κ1) is 12.7. The molecule has 0 saturated heterocycles. The summed E-state index contributed by atoms with van der Waals surface area (Å²) >= 11 is 12.1. The molecule has 17 heavy (non-hydrogen) atoms. The van der Waals surface area contributed by atoms with E-state index in [1.165, 1.54) is 0 Å². The van der Waals surface area contributed by atoms with Crippen LogP contribution in [0.3, 0.4) is 0 Å². The molecule has 0 aliphatic rings. The zero-order chi connectivity index (χ0) is 12.4. The van der Waals surface area contributed by atoms with Gasteiger partial charge in [0, 0.05) is 28.1 Å². The first-order valence-corrected chi connectivity index (χ1v) is 6.42. The maximum Gasteiger partial charge on any atom is 0.137 e. The van der Waals surface area contributed by atoms with Crippen molar-refractivity contribution < 1.29 is 4.42 Å². The molecule has 1 aromatic heterocycles. The quantitative estimate of drug-likeness (QED) is 0.898. The van der Waals surface area contributed by atoms with Crippen LogP contribution in [0.25, 0.3) is 11.0 Å². The molecule has 4 heteroatoms. The van der Waals surface area contributed by atoms with Gasteiger partial charge in [-0.05, 0) is 19.0 Å². The summed E-state index contributed by atoms with van der Waals surface area (Å²) in [5, 5.41) is 5.60. The van der Waals surface area contributed by atoms with E-state index in [0.29, 0.717) is 16.1 Å². The maximum atomic E-state index is 6.19. The summed E-state index contributed by atoms with van der Waals surface area (Å²) < 4.78 is 5.47. The maximum absolute atomic E-state index is 6.19. The second-order valence-corrected chi connectivity index (χ2v) is 5.22. The lowest BCUT2D eigenvalue weighted by Gasteiger charge is -2.06. The van der Waals surface area contributed by atoms with Crippen LogP contribution < -0.4 is 5.32 Å². The predicted molar refractivity (Wildman–Crippen MR) is 73.1 cm³/mol. The molecule has 0 saturated carbocycles. The molecular weight excluding hydrogens is 257 g/mol. The molecule has 92 valence electrons. The minimum absolute atomic E-state index is 0.484. The van der Waals surface area contributed by atoms with Crippen molar-refractivity contribution >= 4 is 34.2 Å². The van der Waals surface area contributed by atoms with Crippen molar-refractivity contribution in [2.24, 2.45) is 0 Å². The topological polar surface area (TPSA) is 25.2 Å². The summed E-state index contributed by atoms with van der Waals surface area (Å²) in [6, 6.07) is 4.03. The Morgan fingerprint density at radius 2 is 2.06 bits per heavy atom. The predicted octanol–water partition coefficient (Wildman–Crippen LogP) is 4.28. The third-order valence-corrected chi connectivity index (χ3v) is 3.13. The van der Waals surface area contributed by atoms with Crippen molar-refractivity contribution in [1.29, 1.82) is 0 Å². The molecule has 0 bridgehead atoms. The monoisotopic (exact) mass is 271 g/mol. The fraction of sp³-hybridized carbons (Fsp3) is 0.385. The highest BCUT2D eigenvalue weighted by Gasteiger charge is 2.10.